The summed E-state index contributed by atoms with van der Waals surface area (Å²) in [7, 11) is -3.85. The zero-order chi connectivity index (χ0) is 19.2. The van der Waals surface area contributed by atoms with Gasteiger partial charge in [-0.25, -0.2) is 8.42 Å². The number of anilines is 1. The highest BCUT2D eigenvalue weighted by Crippen LogP contribution is 2.21. The Balaban J connectivity index is 2.10. The number of nitrogens with two attached hydrogens (primary N) is 1. The number of primary amides is 1. The monoisotopic (exact) mass is 377 g/mol. The molecule has 0 aliphatic rings. The molecule has 2 aromatic carbocycles. The Morgan fingerprint density at radius 3 is 2.42 bits per heavy atom. The van der Waals surface area contributed by atoms with Crippen LogP contribution in [-0.2, 0) is 14.8 Å². The van der Waals surface area contributed by atoms with E-state index in [-0.39, 0.29) is 28.7 Å². The lowest BCUT2D eigenvalue weighted by Gasteiger charge is -2.11. The number of amides is 2. The van der Waals surface area contributed by atoms with Crippen molar-refractivity contribution in [1.82, 2.24) is 5.32 Å². The molecule has 26 heavy (non-hydrogen) atoms. The molecule has 2 amide bonds. The molecule has 0 aliphatic heterocycles. The van der Waals surface area contributed by atoms with Crippen LogP contribution >= 0.6 is 0 Å². The van der Waals surface area contributed by atoms with E-state index >= 15 is 0 Å². The number of sulfonamides is 1. The second kappa shape index (κ2) is 8.34. The van der Waals surface area contributed by atoms with Crippen molar-refractivity contribution in [1.29, 1.82) is 0 Å². The van der Waals surface area contributed by atoms with Crippen LogP contribution in [0.1, 0.15) is 17.3 Å². The molecule has 0 radical (unpaired) electrons. The van der Waals surface area contributed by atoms with E-state index in [1.165, 1.54) is 30.3 Å². The highest BCUT2D eigenvalue weighted by molar-refractivity contribution is 7.92. The zero-order valence-electron chi connectivity index (χ0n) is 14.1. The van der Waals surface area contributed by atoms with E-state index in [9.17, 15) is 18.0 Å². The van der Waals surface area contributed by atoms with Gasteiger partial charge < -0.3 is 15.8 Å². The normalized spacial score (nSPS) is 10.8. The Bertz CT molecular complexity index is 895. The van der Waals surface area contributed by atoms with Crippen LogP contribution in [0.4, 0.5) is 5.69 Å². The number of likely N-dealkylation sites (N-methyl/N-ethyl adjacent to an activating group) is 1. The second-order valence-corrected chi connectivity index (χ2v) is 6.95. The minimum Gasteiger partial charge on any atom is -0.484 e. The average Bonchev–Trinajstić information content (AvgIpc) is 2.60. The molecule has 8 nitrogen and oxygen atoms in total. The second-order valence-electron chi connectivity index (χ2n) is 5.26. The van der Waals surface area contributed by atoms with Gasteiger partial charge in [-0.2, -0.15) is 0 Å². The van der Waals surface area contributed by atoms with Crippen molar-refractivity contribution >= 4 is 27.5 Å². The van der Waals surface area contributed by atoms with E-state index in [4.69, 9.17) is 10.5 Å². The first-order valence-corrected chi connectivity index (χ1v) is 9.22. The maximum absolute atomic E-state index is 12.4. The maximum Gasteiger partial charge on any atom is 0.261 e. The first-order valence-electron chi connectivity index (χ1n) is 7.74. The first kappa shape index (κ1) is 19.3. The summed E-state index contributed by atoms with van der Waals surface area (Å²) in [6.45, 7) is 2.12. The van der Waals surface area contributed by atoms with Gasteiger partial charge in [-0.05, 0) is 43.3 Å². The fraction of sp³-hybridized carbons (Fsp3) is 0.176. The van der Waals surface area contributed by atoms with Gasteiger partial charge in [0.05, 0.1) is 10.6 Å². The smallest absolute Gasteiger partial charge is 0.261 e. The van der Waals surface area contributed by atoms with Gasteiger partial charge in [0.1, 0.15) is 5.75 Å². The Labute approximate surface area is 151 Å². The average molecular weight is 377 g/mol. The van der Waals surface area contributed by atoms with Gasteiger partial charge in [-0.3, -0.25) is 14.3 Å². The van der Waals surface area contributed by atoms with E-state index in [1.54, 1.807) is 25.1 Å². The summed E-state index contributed by atoms with van der Waals surface area (Å²) >= 11 is 0. The van der Waals surface area contributed by atoms with Crippen LogP contribution in [0.25, 0.3) is 0 Å². The summed E-state index contributed by atoms with van der Waals surface area (Å²) in [6.07, 6.45) is 0. The fourth-order valence-corrected chi connectivity index (χ4v) is 3.11. The lowest BCUT2D eigenvalue weighted by atomic mass is 10.2. The molecule has 138 valence electrons. The van der Waals surface area contributed by atoms with E-state index in [1.807, 2.05) is 0 Å². The van der Waals surface area contributed by atoms with Gasteiger partial charge in [0, 0.05) is 18.2 Å². The molecule has 2 rings (SSSR count). The first-order chi connectivity index (χ1) is 12.3. The van der Waals surface area contributed by atoms with Crippen LogP contribution in [0.2, 0.25) is 0 Å². The van der Waals surface area contributed by atoms with Crippen LogP contribution in [-0.4, -0.2) is 33.4 Å². The van der Waals surface area contributed by atoms with E-state index in [0.29, 0.717) is 12.3 Å². The lowest BCUT2D eigenvalue weighted by Crippen LogP contribution is -2.28. The van der Waals surface area contributed by atoms with E-state index < -0.39 is 15.9 Å². The molecular weight excluding hydrogens is 358 g/mol. The molecule has 2 aromatic rings. The highest BCUT2D eigenvalue weighted by atomic mass is 32.2. The number of hydrogen-bond acceptors (Lipinski definition) is 5. The molecule has 0 saturated carbocycles. The molecule has 4 N–H and O–H groups in total. The molecule has 0 atom stereocenters. The van der Waals surface area contributed by atoms with Crippen molar-refractivity contribution in [2.24, 2.45) is 5.73 Å². The molecule has 9 heteroatoms. The van der Waals surface area contributed by atoms with Crippen molar-refractivity contribution in [3.8, 4) is 5.75 Å². The highest BCUT2D eigenvalue weighted by Gasteiger charge is 2.15. The van der Waals surface area contributed by atoms with Crippen molar-refractivity contribution in [2.75, 3.05) is 17.9 Å². The van der Waals surface area contributed by atoms with Gasteiger partial charge in [0.15, 0.2) is 6.61 Å². The third kappa shape index (κ3) is 5.21. The molecule has 0 heterocycles. The van der Waals surface area contributed by atoms with Gasteiger partial charge in [0.25, 0.3) is 15.9 Å². The van der Waals surface area contributed by atoms with Crippen LogP contribution in [0.15, 0.2) is 53.4 Å². The van der Waals surface area contributed by atoms with E-state index in [2.05, 4.69) is 10.0 Å². The fourth-order valence-electron chi connectivity index (χ4n) is 2.06. The predicted octanol–water partition coefficient (Wildman–Crippen LogP) is 1.10. The Kier molecular flexibility index (Phi) is 6.18. The summed E-state index contributed by atoms with van der Waals surface area (Å²) in [5.74, 6) is -0.563. The Hall–Kier alpha value is -3.07. The van der Waals surface area contributed by atoms with Gasteiger partial charge in [-0.15, -0.1) is 0 Å². The lowest BCUT2D eigenvalue weighted by molar-refractivity contribution is -0.122. The maximum atomic E-state index is 12.4. The van der Waals surface area contributed by atoms with Crippen molar-refractivity contribution in [3.63, 3.8) is 0 Å². The molecule has 0 aromatic heterocycles. The quantitative estimate of drug-likeness (QED) is 0.635. The topological polar surface area (TPSA) is 128 Å². The van der Waals surface area contributed by atoms with Gasteiger partial charge in [0.2, 0.25) is 5.91 Å². The zero-order valence-corrected chi connectivity index (χ0v) is 14.9. The number of nitrogens with one attached hydrogen (secondary N) is 2. The number of hydrogen-bond donors (Lipinski definition) is 3. The number of carbonyl (C=O) groups excluding carboxylic acids is 2. The minimum atomic E-state index is -3.85. The number of carbonyl (C=O) groups is 2. The molecule has 0 aliphatic carbocycles. The van der Waals surface area contributed by atoms with Crippen molar-refractivity contribution < 1.29 is 22.7 Å². The molecule has 0 unspecified atom stereocenters. The van der Waals surface area contributed by atoms with Crippen LogP contribution in [0.3, 0.4) is 0 Å². The third-order valence-electron chi connectivity index (χ3n) is 3.28. The van der Waals surface area contributed by atoms with Crippen molar-refractivity contribution in [2.45, 2.75) is 11.8 Å². The van der Waals surface area contributed by atoms with Gasteiger partial charge >= 0.3 is 0 Å². The summed E-state index contributed by atoms with van der Waals surface area (Å²) in [6, 6.07) is 11.5. The molecular formula is C17H19N3O5S. The summed E-state index contributed by atoms with van der Waals surface area (Å²) in [4.78, 5) is 22.4. The van der Waals surface area contributed by atoms with Crippen molar-refractivity contribution in [3.05, 3.63) is 54.1 Å². The standard InChI is InChI=1S/C17H19N3O5S/c1-2-19-16(21)11-25-14-5-3-4-13(10-14)20-26(23,24)15-8-6-12(7-9-15)17(18)22/h3-10,20H,2,11H2,1H3,(H2,18,22)(H,19,21). The Morgan fingerprint density at radius 1 is 1.12 bits per heavy atom. The largest absolute Gasteiger partial charge is 0.484 e. The predicted molar refractivity (Wildman–Crippen MR) is 96.4 cm³/mol. The number of benzene rings is 2. The molecule has 0 saturated heterocycles. The minimum absolute atomic E-state index is 0.0175. The third-order valence-corrected chi connectivity index (χ3v) is 4.68. The van der Waals surface area contributed by atoms with Crippen LogP contribution in [0, 0.1) is 0 Å². The Morgan fingerprint density at radius 2 is 1.81 bits per heavy atom. The number of rotatable bonds is 8. The number of ether oxygens (including phenoxy) is 1. The molecule has 0 fully saturated rings. The SMILES string of the molecule is CCNC(=O)COc1cccc(NS(=O)(=O)c2ccc(C(N)=O)cc2)c1. The van der Waals surface area contributed by atoms with E-state index in [0.717, 1.165) is 0 Å². The summed E-state index contributed by atoms with van der Waals surface area (Å²) in [5.41, 5.74) is 5.62. The summed E-state index contributed by atoms with van der Waals surface area (Å²) in [5, 5.41) is 2.59. The summed E-state index contributed by atoms with van der Waals surface area (Å²) < 4.78 is 32.6. The van der Waals surface area contributed by atoms with Crippen LogP contribution in [0.5, 0.6) is 5.75 Å². The molecule has 0 bridgehead atoms. The van der Waals surface area contributed by atoms with Gasteiger partial charge in [-0.1, -0.05) is 6.07 Å². The molecule has 0 spiro atoms. The van der Waals surface area contributed by atoms with Crippen LogP contribution < -0.4 is 20.5 Å².